The molecule has 1 spiro atoms. The lowest BCUT2D eigenvalue weighted by molar-refractivity contribution is 0.177. The quantitative estimate of drug-likeness (QED) is 0.631. The second-order valence-corrected chi connectivity index (χ2v) is 7.41. The van der Waals surface area contributed by atoms with Gasteiger partial charge in [-0.25, -0.2) is 14.2 Å². The van der Waals surface area contributed by atoms with Gasteiger partial charge in [0.2, 0.25) is 0 Å². The highest BCUT2D eigenvalue weighted by Crippen LogP contribution is 2.40. The summed E-state index contributed by atoms with van der Waals surface area (Å²) in [4.78, 5) is 28.8. The van der Waals surface area contributed by atoms with E-state index in [1.165, 1.54) is 22.8 Å². The number of benzene rings is 1. The van der Waals surface area contributed by atoms with E-state index in [9.17, 15) is 14.0 Å². The summed E-state index contributed by atoms with van der Waals surface area (Å²) in [5.41, 5.74) is 0.119. The van der Waals surface area contributed by atoms with Crippen molar-refractivity contribution >= 4 is 11.7 Å². The van der Waals surface area contributed by atoms with Crippen LogP contribution in [0.15, 0.2) is 59.8 Å². The van der Waals surface area contributed by atoms with E-state index in [4.69, 9.17) is 0 Å². The predicted octanol–water partition coefficient (Wildman–Crippen LogP) is 1.74. The molecule has 1 atom stereocenters. The van der Waals surface area contributed by atoms with Gasteiger partial charge < -0.3 is 20.5 Å². The van der Waals surface area contributed by atoms with Crippen LogP contribution < -0.4 is 21.5 Å². The normalized spacial score (nSPS) is 18.9. The molecule has 9 heteroatoms. The number of fused-ring (bicyclic) bond motifs is 2. The standard InChI is InChI=1S/C20H19FN6O2/c21-14-9-13(26-7-2-1-3-17(26)28)4-5-15(14)24-19(29)25-16-10-20(11-22-12-20)27-8-6-23-18(16)27/h1-9,16,22H,10-12H2,(H2,24,25,29). The maximum Gasteiger partial charge on any atom is 0.319 e. The lowest BCUT2D eigenvalue weighted by Gasteiger charge is -2.40. The van der Waals surface area contributed by atoms with Crippen LogP contribution in [0.3, 0.4) is 0 Å². The van der Waals surface area contributed by atoms with Gasteiger partial charge in [0.15, 0.2) is 0 Å². The summed E-state index contributed by atoms with van der Waals surface area (Å²) in [5.74, 6) is 0.182. The van der Waals surface area contributed by atoms with Gasteiger partial charge in [-0.15, -0.1) is 0 Å². The highest BCUT2D eigenvalue weighted by Gasteiger charge is 2.48. The Hall–Kier alpha value is -3.46. The molecule has 2 aliphatic rings. The van der Waals surface area contributed by atoms with Crippen LogP contribution in [0.1, 0.15) is 18.3 Å². The molecular formula is C20H19FN6O2. The molecule has 148 valence electrons. The van der Waals surface area contributed by atoms with Crippen molar-refractivity contribution in [2.75, 3.05) is 18.4 Å². The molecular weight excluding hydrogens is 375 g/mol. The molecule has 0 radical (unpaired) electrons. The average Bonchev–Trinajstić information content (AvgIpc) is 3.26. The fourth-order valence-corrected chi connectivity index (χ4v) is 4.10. The molecule has 4 heterocycles. The Balaban J connectivity index is 1.31. The molecule has 2 aromatic heterocycles. The van der Waals surface area contributed by atoms with E-state index in [0.717, 1.165) is 25.3 Å². The van der Waals surface area contributed by atoms with Crippen molar-refractivity contribution < 1.29 is 9.18 Å². The van der Waals surface area contributed by atoms with Crippen molar-refractivity contribution in [2.24, 2.45) is 0 Å². The molecule has 1 unspecified atom stereocenters. The summed E-state index contributed by atoms with van der Waals surface area (Å²) in [6.45, 7) is 1.68. The molecule has 0 saturated carbocycles. The minimum Gasteiger partial charge on any atom is -0.328 e. The first-order chi connectivity index (χ1) is 14.1. The third-order valence-electron chi connectivity index (χ3n) is 5.59. The van der Waals surface area contributed by atoms with E-state index in [2.05, 4.69) is 25.5 Å². The number of rotatable bonds is 3. The number of nitrogens with zero attached hydrogens (tertiary/aromatic N) is 3. The minimum absolute atomic E-state index is 0.0385. The zero-order chi connectivity index (χ0) is 20.0. The third-order valence-corrected chi connectivity index (χ3v) is 5.59. The van der Waals surface area contributed by atoms with Crippen molar-refractivity contribution in [3.63, 3.8) is 0 Å². The number of halogens is 1. The fraction of sp³-hybridized carbons (Fsp3) is 0.250. The first-order valence-corrected chi connectivity index (χ1v) is 9.35. The van der Waals surface area contributed by atoms with Gasteiger partial charge in [0.05, 0.1) is 23.0 Å². The fourth-order valence-electron chi connectivity index (χ4n) is 4.10. The van der Waals surface area contributed by atoms with Crippen LogP contribution in [0.25, 0.3) is 5.69 Å². The van der Waals surface area contributed by atoms with Crippen molar-refractivity contribution in [1.82, 2.24) is 24.8 Å². The minimum atomic E-state index is -0.624. The summed E-state index contributed by atoms with van der Waals surface area (Å²) in [5, 5.41) is 8.71. The Bertz CT molecular complexity index is 1150. The zero-order valence-corrected chi connectivity index (χ0v) is 15.4. The molecule has 0 bridgehead atoms. The molecule has 2 amide bonds. The van der Waals surface area contributed by atoms with E-state index in [1.54, 1.807) is 30.6 Å². The largest absolute Gasteiger partial charge is 0.328 e. The second-order valence-electron chi connectivity index (χ2n) is 7.41. The summed E-state index contributed by atoms with van der Waals surface area (Å²) >= 11 is 0. The molecule has 0 aliphatic carbocycles. The molecule has 8 nitrogen and oxygen atoms in total. The molecule has 1 fully saturated rings. The molecule has 29 heavy (non-hydrogen) atoms. The van der Waals surface area contributed by atoms with Gasteiger partial charge >= 0.3 is 6.03 Å². The SMILES string of the molecule is O=C(Nc1ccc(-n2ccccc2=O)cc1F)NC1CC2(CNC2)n2ccnc21. The lowest BCUT2D eigenvalue weighted by atomic mass is 9.88. The summed E-state index contributed by atoms with van der Waals surface area (Å²) in [6, 6.07) is 8.20. The van der Waals surface area contributed by atoms with Gasteiger partial charge in [0.1, 0.15) is 11.6 Å². The van der Waals surface area contributed by atoms with Gasteiger partial charge in [-0.1, -0.05) is 6.07 Å². The molecule has 2 aliphatic heterocycles. The van der Waals surface area contributed by atoms with E-state index in [1.807, 2.05) is 6.20 Å². The van der Waals surface area contributed by atoms with E-state index < -0.39 is 11.8 Å². The number of anilines is 1. The Kier molecular flexibility index (Phi) is 3.99. The third kappa shape index (κ3) is 2.90. The van der Waals surface area contributed by atoms with E-state index in [-0.39, 0.29) is 22.8 Å². The van der Waals surface area contributed by atoms with Crippen molar-refractivity contribution in [1.29, 1.82) is 0 Å². The molecule has 3 aromatic rings. The van der Waals surface area contributed by atoms with Gasteiger partial charge in [-0.2, -0.15) is 0 Å². The zero-order valence-electron chi connectivity index (χ0n) is 15.4. The lowest BCUT2D eigenvalue weighted by Crippen LogP contribution is -2.59. The first kappa shape index (κ1) is 17.6. The maximum absolute atomic E-state index is 14.5. The van der Waals surface area contributed by atoms with Gasteiger partial charge in [0.25, 0.3) is 5.56 Å². The van der Waals surface area contributed by atoms with Crippen LogP contribution in [-0.4, -0.2) is 33.2 Å². The maximum atomic E-state index is 14.5. The van der Waals surface area contributed by atoms with Crippen molar-refractivity contribution in [2.45, 2.75) is 18.0 Å². The van der Waals surface area contributed by atoms with Gasteiger partial charge in [-0.05, 0) is 18.2 Å². The number of carbonyl (C=O) groups excluding carboxylic acids is 1. The average molecular weight is 394 g/mol. The molecule has 5 rings (SSSR count). The first-order valence-electron chi connectivity index (χ1n) is 9.35. The Morgan fingerprint density at radius 1 is 1.24 bits per heavy atom. The van der Waals surface area contributed by atoms with Crippen LogP contribution in [0.5, 0.6) is 0 Å². The number of hydrogen-bond acceptors (Lipinski definition) is 4. The van der Waals surface area contributed by atoms with E-state index in [0.29, 0.717) is 5.69 Å². The summed E-state index contributed by atoms with van der Waals surface area (Å²) < 4.78 is 18.0. The van der Waals surface area contributed by atoms with Crippen LogP contribution >= 0.6 is 0 Å². The Labute approximate surface area is 165 Å². The van der Waals surface area contributed by atoms with Crippen LogP contribution in [-0.2, 0) is 5.54 Å². The number of nitrogens with one attached hydrogen (secondary N) is 3. The smallest absolute Gasteiger partial charge is 0.319 e. The highest BCUT2D eigenvalue weighted by molar-refractivity contribution is 5.89. The predicted molar refractivity (Wildman–Crippen MR) is 105 cm³/mol. The number of imidazole rings is 1. The number of amides is 2. The Morgan fingerprint density at radius 3 is 2.83 bits per heavy atom. The molecule has 1 aromatic carbocycles. The second kappa shape index (κ2) is 6.56. The highest BCUT2D eigenvalue weighted by atomic mass is 19.1. The number of hydrogen-bond donors (Lipinski definition) is 3. The molecule has 3 N–H and O–H groups in total. The number of aromatic nitrogens is 3. The van der Waals surface area contributed by atoms with Crippen LogP contribution in [0.2, 0.25) is 0 Å². The van der Waals surface area contributed by atoms with Crippen LogP contribution in [0, 0.1) is 5.82 Å². The summed E-state index contributed by atoms with van der Waals surface area (Å²) in [6.07, 6.45) is 5.96. The molecule has 1 saturated heterocycles. The van der Waals surface area contributed by atoms with Gasteiger partial charge in [-0.3, -0.25) is 9.36 Å². The van der Waals surface area contributed by atoms with Gasteiger partial charge in [0, 0.05) is 50.2 Å². The Morgan fingerprint density at radius 2 is 2.10 bits per heavy atom. The topological polar surface area (TPSA) is 93.0 Å². The van der Waals surface area contributed by atoms with Crippen LogP contribution in [0.4, 0.5) is 14.9 Å². The van der Waals surface area contributed by atoms with E-state index >= 15 is 0 Å². The number of urea groups is 1. The van der Waals surface area contributed by atoms with Crippen molar-refractivity contribution in [3.05, 3.63) is 77.0 Å². The number of pyridine rings is 1. The van der Waals surface area contributed by atoms with Crippen molar-refractivity contribution in [3.8, 4) is 5.69 Å². The monoisotopic (exact) mass is 394 g/mol. The summed E-state index contributed by atoms with van der Waals surface area (Å²) in [7, 11) is 0. The number of carbonyl (C=O) groups is 1.